The number of ether oxygens (including phenoxy) is 2. The molecule has 0 bridgehead atoms. The lowest BCUT2D eigenvalue weighted by Crippen LogP contribution is -1.97. The van der Waals surface area contributed by atoms with Crippen molar-refractivity contribution in [1.29, 1.82) is 0 Å². The molecule has 0 radical (unpaired) electrons. The quantitative estimate of drug-likeness (QED) is 0.459. The average Bonchev–Trinajstić information content (AvgIpc) is 2.67. The second-order valence-corrected chi connectivity index (χ2v) is 1.65. The minimum atomic E-state index is -1.20. The van der Waals surface area contributed by atoms with Crippen molar-refractivity contribution in [1.82, 2.24) is 0 Å². The SMILES string of the molecule is O=C(O)/C=C/C(=O)OC1=CO1. The van der Waals surface area contributed by atoms with Crippen LogP contribution in [-0.2, 0) is 19.1 Å². The summed E-state index contributed by atoms with van der Waals surface area (Å²) < 4.78 is 8.71. The molecular formula is C6H4O5. The third-order valence-corrected chi connectivity index (χ3v) is 0.777. The summed E-state index contributed by atoms with van der Waals surface area (Å²) in [4.78, 5) is 20.4. The summed E-state index contributed by atoms with van der Waals surface area (Å²) >= 11 is 0. The normalized spacial score (nSPS) is 13.6. The molecule has 0 saturated carbocycles. The van der Waals surface area contributed by atoms with E-state index >= 15 is 0 Å². The van der Waals surface area contributed by atoms with Crippen molar-refractivity contribution < 1.29 is 24.2 Å². The molecule has 1 N–H and O–H groups in total. The number of hydrogen-bond acceptors (Lipinski definition) is 4. The Balaban J connectivity index is 2.29. The second kappa shape index (κ2) is 2.87. The first kappa shape index (κ1) is 7.33. The number of rotatable bonds is 3. The summed E-state index contributed by atoms with van der Waals surface area (Å²) in [6, 6.07) is 0. The second-order valence-electron chi connectivity index (χ2n) is 1.65. The molecule has 0 spiro atoms. The highest BCUT2D eigenvalue weighted by Crippen LogP contribution is 2.14. The van der Waals surface area contributed by atoms with Crippen LogP contribution < -0.4 is 0 Å². The molecule has 11 heavy (non-hydrogen) atoms. The molecule has 5 heteroatoms. The summed E-state index contributed by atoms with van der Waals surface area (Å²) in [5, 5.41) is 8.07. The Hall–Kier alpha value is -1.78. The zero-order chi connectivity index (χ0) is 8.27. The van der Waals surface area contributed by atoms with E-state index in [2.05, 4.69) is 9.47 Å². The third-order valence-electron chi connectivity index (χ3n) is 0.777. The van der Waals surface area contributed by atoms with Gasteiger partial charge in [-0.3, -0.25) is 0 Å². The Morgan fingerprint density at radius 2 is 2.18 bits per heavy atom. The maximum Gasteiger partial charge on any atom is 0.338 e. The van der Waals surface area contributed by atoms with Crippen LogP contribution in [0.1, 0.15) is 0 Å². The highest BCUT2D eigenvalue weighted by molar-refractivity contribution is 5.91. The van der Waals surface area contributed by atoms with Crippen LogP contribution in [-0.4, -0.2) is 17.0 Å². The maximum absolute atomic E-state index is 10.5. The molecule has 1 rings (SSSR count). The van der Waals surface area contributed by atoms with E-state index in [1.165, 1.54) is 6.26 Å². The van der Waals surface area contributed by atoms with Gasteiger partial charge in [-0.1, -0.05) is 0 Å². The van der Waals surface area contributed by atoms with E-state index in [1.54, 1.807) is 0 Å². The molecule has 0 fully saturated rings. The van der Waals surface area contributed by atoms with Gasteiger partial charge >= 0.3 is 17.9 Å². The van der Waals surface area contributed by atoms with E-state index in [1.807, 2.05) is 0 Å². The van der Waals surface area contributed by atoms with Gasteiger partial charge in [-0.2, -0.15) is 0 Å². The Bertz CT molecular complexity index is 250. The summed E-state index contributed by atoms with van der Waals surface area (Å²) in [6.45, 7) is 0. The van der Waals surface area contributed by atoms with E-state index in [9.17, 15) is 9.59 Å². The van der Waals surface area contributed by atoms with Gasteiger partial charge in [-0.15, -0.1) is 0 Å². The molecule has 1 aliphatic heterocycles. The van der Waals surface area contributed by atoms with Crippen molar-refractivity contribution in [2.24, 2.45) is 0 Å². The van der Waals surface area contributed by atoms with Crippen molar-refractivity contribution in [2.75, 3.05) is 0 Å². The number of carbonyl (C=O) groups excluding carboxylic acids is 1. The molecular weight excluding hydrogens is 152 g/mol. The first-order valence-corrected chi connectivity index (χ1v) is 2.68. The lowest BCUT2D eigenvalue weighted by atomic mass is 10.5. The minimum Gasteiger partial charge on any atom is -0.478 e. The largest absolute Gasteiger partial charge is 0.478 e. The molecule has 0 unspecified atom stereocenters. The first-order valence-electron chi connectivity index (χ1n) is 2.68. The summed E-state index contributed by atoms with van der Waals surface area (Å²) in [7, 11) is 0. The topological polar surface area (TPSA) is 76.1 Å². The fraction of sp³-hybridized carbons (Fsp3) is 0. The fourth-order valence-corrected chi connectivity index (χ4v) is 0.345. The van der Waals surface area contributed by atoms with Crippen LogP contribution in [0.5, 0.6) is 0 Å². The number of carboxylic acid groups (broad SMARTS) is 1. The molecule has 0 aromatic heterocycles. The highest BCUT2D eigenvalue weighted by atomic mass is 16.7. The van der Waals surface area contributed by atoms with Crippen LogP contribution in [0.15, 0.2) is 24.4 Å². The minimum absolute atomic E-state index is 0.102. The van der Waals surface area contributed by atoms with Gasteiger partial charge in [-0.25, -0.2) is 9.59 Å². The molecule has 0 aliphatic carbocycles. The van der Waals surface area contributed by atoms with Gasteiger partial charge in [0.15, 0.2) is 6.26 Å². The Morgan fingerprint density at radius 1 is 1.55 bits per heavy atom. The smallest absolute Gasteiger partial charge is 0.338 e. The number of carboxylic acids is 1. The van der Waals surface area contributed by atoms with E-state index in [0.29, 0.717) is 6.08 Å². The molecule has 5 nitrogen and oxygen atoms in total. The first-order chi connectivity index (χ1) is 5.18. The lowest BCUT2D eigenvalue weighted by molar-refractivity contribution is -0.136. The predicted octanol–water partition coefficient (Wildman–Crippen LogP) is -0.000500. The van der Waals surface area contributed by atoms with E-state index in [-0.39, 0.29) is 5.95 Å². The van der Waals surface area contributed by atoms with Crippen molar-refractivity contribution in [3.8, 4) is 0 Å². The van der Waals surface area contributed by atoms with Gasteiger partial charge < -0.3 is 14.6 Å². The maximum atomic E-state index is 10.5. The van der Waals surface area contributed by atoms with E-state index < -0.39 is 11.9 Å². The summed E-state index contributed by atoms with van der Waals surface area (Å²) in [6.07, 6.45) is 2.71. The Labute approximate surface area is 61.5 Å². The Kier molecular flexibility index (Phi) is 1.91. The van der Waals surface area contributed by atoms with Crippen LogP contribution in [0.25, 0.3) is 0 Å². The number of aliphatic carboxylic acids is 1. The third kappa shape index (κ3) is 3.04. The van der Waals surface area contributed by atoms with Gasteiger partial charge in [0.2, 0.25) is 0 Å². The fourth-order valence-electron chi connectivity index (χ4n) is 0.345. The molecule has 0 saturated heterocycles. The van der Waals surface area contributed by atoms with Gasteiger partial charge in [0.25, 0.3) is 0 Å². The molecule has 0 aromatic rings. The standard InChI is InChI=1S/C6H4O5/c7-4(8)1-2-5(9)11-6-3-10-6/h1-3H,(H,7,8)/b2-1+. The molecule has 0 atom stereocenters. The highest BCUT2D eigenvalue weighted by Gasteiger charge is 2.14. The molecule has 1 heterocycles. The number of hydrogen-bond donors (Lipinski definition) is 1. The lowest BCUT2D eigenvalue weighted by Gasteiger charge is -1.87. The monoisotopic (exact) mass is 156 g/mol. The molecule has 58 valence electrons. The van der Waals surface area contributed by atoms with Gasteiger partial charge in [0.1, 0.15) is 0 Å². The van der Waals surface area contributed by atoms with E-state index in [4.69, 9.17) is 5.11 Å². The van der Waals surface area contributed by atoms with E-state index in [0.717, 1.165) is 6.08 Å². The van der Waals surface area contributed by atoms with Gasteiger partial charge in [0.05, 0.1) is 0 Å². The van der Waals surface area contributed by atoms with Crippen LogP contribution in [0, 0.1) is 0 Å². The van der Waals surface area contributed by atoms with Crippen LogP contribution >= 0.6 is 0 Å². The average molecular weight is 156 g/mol. The van der Waals surface area contributed by atoms with Crippen molar-refractivity contribution in [3.05, 3.63) is 24.4 Å². The van der Waals surface area contributed by atoms with Crippen LogP contribution in [0.3, 0.4) is 0 Å². The summed E-state index contributed by atoms with van der Waals surface area (Å²) in [5.74, 6) is -1.87. The zero-order valence-electron chi connectivity index (χ0n) is 5.31. The molecule has 1 aliphatic rings. The van der Waals surface area contributed by atoms with Crippen molar-refractivity contribution in [2.45, 2.75) is 0 Å². The van der Waals surface area contributed by atoms with Crippen LogP contribution in [0.4, 0.5) is 0 Å². The predicted molar refractivity (Wildman–Crippen MR) is 32.0 cm³/mol. The molecule has 0 aromatic carbocycles. The van der Waals surface area contributed by atoms with Crippen molar-refractivity contribution >= 4 is 11.9 Å². The molecule has 0 amide bonds. The summed E-state index contributed by atoms with van der Waals surface area (Å²) in [5.41, 5.74) is 0. The number of esters is 1. The Morgan fingerprint density at radius 3 is 2.64 bits per heavy atom. The zero-order valence-corrected chi connectivity index (χ0v) is 5.31. The van der Waals surface area contributed by atoms with Gasteiger partial charge in [0, 0.05) is 12.2 Å². The van der Waals surface area contributed by atoms with Crippen molar-refractivity contribution in [3.63, 3.8) is 0 Å². The van der Waals surface area contributed by atoms with Gasteiger partial charge in [-0.05, 0) is 0 Å². The number of carbonyl (C=O) groups is 2. The van der Waals surface area contributed by atoms with Crippen LogP contribution in [0.2, 0.25) is 0 Å².